The normalized spacial score (nSPS) is 23.0. The van der Waals surface area contributed by atoms with Gasteiger partial charge in [0.25, 0.3) is 0 Å². The van der Waals surface area contributed by atoms with Crippen LogP contribution in [0.2, 0.25) is 0 Å². The molecule has 3 aromatic rings. The van der Waals surface area contributed by atoms with Crippen LogP contribution in [0.1, 0.15) is 65.2 Å². The molecule has 4 rings (SSSR count). The lowest BCUT2D eigenvalue weighted by Gasteiger charge is -2.31. The first-order chi connectivity index (χ1) is 22.5. The van der Waals surface area contributed by atoms with Gasteiger partial charge < -0.3 is 29.5 Å². The second-order valence-corrected chi connectivity index (χ2v) is 13.2. The SMILES string of the molecule is CCCC(=O)Nc1ncnn2c([C@@H]3O[C@](CF)(COP(=O)(N[C@@H](C)C(=O)OCC(CC)CC)Oc4ccccc4)[C@@H](O)[C@H]3O)ccc12. The number of fused-ring (bicyclic) bond motifs is 1. The molecular formula is C31H43FN5O9P. The molecule has 47 heavy (non-hydrogen) atoms. The third-order valence-electron chi connectivity index (χ3n) is 8.04. The van der Waals surface area contributed by atoms with Gasteiger partial charge in [0.05, 0.1) is 18.9 Å². The molecule has 1 aliphatic heterocycles. The number of nitrogens with zero attached hydrogens (tertiary/aromatic N) is 3. The molecule has 1 aromatic carbocycles. The third kappa shape index (κ3) is 8.53. The zero-order valence-electron chi connectivity index (χ0n) is 26.9. The number of halogens is 1. The highest BCUT2D eigenvalue weighted by molar-refractivity contribution is 7.52. The highest BCUT2D eigenvalue weighted by atomic mass is 31.2. The molecule has 0 bridgehead atoms. The standard InChI is InChI=1S/C31H43FN5O9P/c1-5-11-25(38)35-29-24-15-14-23(37(24)34-19-33-29)27-26(39)28(40)31(17-32,45-27)18-44-47(42,46-22-12-9-8-10-13-22)36-20(4)30(41)43-16-21(6-2)7-3/h8-10,12-15,19-21,26-28,39-40H,5-7,11,16-18H2,1-4H3,(H,36,42)(H,33,34,35,38)/t20-,26-,27-,28-,31+,47?/m0/s1. The minimum Gasteiger partial charge on any atom is -0.464 e. The lowest BCUT2D eigenvalue weighted by molar-refractivity contribution is -0.147. The van der Waals surface area contributed by atoms with E-state index in [1.165, 1.54) is 36.0 Å². The van der Waals surface area contributed by atoms with Crippen LogP contribution in [0.25, 0.3) is 5.52 Å². The van der Waals surface area contributed by atoms with Crippen LogP contribution in [0.4, 0.5) is 10.2 Å². The summed E-state index contributed by atoms with van der Waals surface area (Å²) in [4.78, 5) is 29.1. The lowest BCUT2D eigenvalue weighted by Crippen LogP contribution is -2.49. The predicted octanol–water partition coefficient (Wildman–Crippen LogP) is 4.13. The van der Waals surface area contributed by atoms with E-state index < -0.39 is 57.0 Å². The van der Waals surface area contributed by atoms with Crippen LogP contribution in [0.5, 0.6) is 5.75 Å². The van der Waals surface area contributed by atoms with Gasteiger partial charge in [0.2, 0.25) is 5.91 Å². The number of carbonyl (C=O) groups is 2. The highest BCUT2D eigenvalue weighted by Crippen LogP contribution is 2.48. The zero-order valence-corrected chi connectivity index (χ0v) is 27.8. The van der Waals surface area contributed by atoms with E-state index in [9.17, 15) is 28.8 Å². The van der Waals surface area contributed by atoms with Crippen LogP contribution < -0.4 is 14.9 Å². The van der Waals surface area contributed by atoms with Crippen molar-refractivity contribution < 1.29 is 47.3 Å². The largest absolute Gasteiger partial charge is 0.464 e. The van der Waals surface area contributed by atoms with Crippen LogP contribution in [-0.2, 0) is 28.2 Å². The summed E-state index contributed by atoms with van der Waals surface area (Å²) in [6.07, 6.45) is -1.09. The summed E-state index contributed by atoms with van der Waals surface area (Å²) in [7, 11) is -4.47. The molecule has 16 heteroatoms. The number of nitrogens with one attached hydrogen (secondary N) is 2. The molecule has 0 saturated carbocycles. The summed E-state index contributed by atoms with van der Waals surface area (Å²) < 4.78 is 52.9. The molecule has 3 heterocycles. The third-order valence-corrected chi connectivity index (χ3v) is 9.66. The van der Waals surface area contributed by atoms with Crippen LogP contribution in [0, 0.1) is 5.92 Å². The number of aliphatic hydroxyl groups is 2. The molecule has 0 radical (unpaired) electrons. The fraction of sp³-hybridized carbons (Fsp3) is 0.548. The Balaban J connectivity index is 1.55. The average molecular weight is 680 g/mol. The molecule has 0 aliphatic carbocycles. The van der Waals surface area contributed by atoms with E-state index in [0.29, 0.717) is 11.9 Å². The summed E-state index contributed by atoms with van der Waals surface area (Å²) in [5, 5.41) is 31.6. The van der Waals surface area contributed by atoms with E-state index in [4.69, 9.17) is 18.5 Å². The number of carbonyl (C=O) groups excluding carboxylic acids is 2. The first-order valence-electron chi connectivity index (χ1n) is 15.7. The van der Waals surface area contributed by atoms with Crippen molar-refractivity contribution in [1.29, 1.82) is 0 Å². The van der Waals surface area contributed by atoms with Crippen molar-refractivity contribution >= 4 is 31.0 Å². The van der Waals surface area contributed by atoms with E-state index in [2.05, 4.69) is 20.5 Å². The van der Waals surface area contributed by atoms with Gasteiger partial charge in [-0.25, -0.2) is 18.5 Å². The van der Waals surface area contributed by atoms with Gasteiger partial charge in [0.15, 0.2) is 5.82 Å². The smallest absolute Gasteiger partial charge is 0.459 e. The molecule has 4 N–H and O–H groups in total. The number of alkyl halides is 1. The van der Waals surface area contributed by atoms with E-state index in [1.807, 2.05) is 20.8 Å². The van der Waals surface area contributed by atoms with Crippen molar-refractivity contribution in [1.82, 2.24) is 19.7 Å². The van der Waals surface area contributed by atoms with Crippen LogP contribution >= 0.6 is 7.75 Å². The quantitative estimate of drug-likeness (QED) is 0.118. The van der Waals surface area contributed by atoms with Crippen molar-refractivity contribution in [3.05, 3.63) is 54.5 Å². The van der Waals surface area contributed by atoms with Crippen LogP contribution in [0.3, 0.4) is 0 Å². The average Bonchev–Trinajstić information content (AvgIpc) is 3.60. The van der Waals surface area contributed by atoms with Crippen molar-refractivity contribution in [2.75, 3.05) is 25.2 Å². The summed E-state index contributed by atoms with van der Waals surface area (Å²) >= 11 is 0. The molecule has 1 saturated heterocycles. The van der Waals surface area contributed by atoms with E-state index >= 15 is 0 Å². The Morgan fingerprint density at radius 3 is 2.53 bits per heavy atom. The Hall–Kier alpha value is -3.46. The monoisotopic (exact) mass is 679 g/mol. The number of rotatable bonds is 17. The van der Waals surface area contributed by atoms with Gasteiger partial charge in [-0.05, 0) is 43.5 Å². The highest BCUT2D eigenvalue weighted by Gasteiger charge is 2.57. The van der Waals surface area contributed by atoms with Gasteiger partial charge in [-0.1, -0.05) is 51.8 Å². The second-order valence-electron chi connectivity index (χ2n) is 11.5. The molecule has 258 valence electrons. The first-order valence-corrected chi connectivity index (χ1v) is 17.2. The molecule has 6 atom stereocenters. The number of esters is 1. The minimum absolute atomic E-state index is 0.127. The summed E-state index contributed by atoms with van der Waals surface area (Å²) in [5.41, 5.74) is -1.59. The molecule has 14 nitrogen and oxygen atoms in total. The van der Waals surface area contributed by atoms with E-state index in [0.717, 1.165) is 12.8 Å². The van der Waals surface area contributed by atoms with Gasteiger partial charge in [0.1, 0.15) is 54.2 Å². The number of aliphatic hydroxyl groups excluding tert-OH is 2. The Bertz CT molecular complexity index is 1540. The topological polar surface area (TPSA) is 183 Å². The van der Waals surface area contributed by atoms with Gasteiger partial charge in [0, 0.05) is 6.42 Å². The fourth-order valence-electron chi connectivity index (χ4n) is 5.10. The number of benzene rings is 1. The zero-order chi connectivity index (χ0) is 34.2. The Morgan fingerprint density at radius 2 is 1.87 bits per heavy atom. The van der Waals surface area contributed by atoms with Crippen LogP contribution in [-0.4, -0.2) is 80.4 Å². The fourth-order valence-corrected chi connectivity index (χ4v) is 6.65. The van der Waals surface area contributed by atoms with Crippen molar-refractivity contribution in [2.45, 2.75) is 83.3 Å². The van der Waals surface area contributed by atoms with Crippen molar-refractivity contribution in [3.63, 3.8) is 0 Å². The molecule has 2 aromatic heterocycles. The minimum atomic E-state index is -4.47. The number of hydrogen-bond acceptors (Lipinski definition) is 11. The maximum Gasteiger partial charge on any atom is 0.459 e. The number of ether oxygens (including phenoxy) is 2. The summed E-state index contributed by atoms with van der Waals surface area (Å²) in [6, 6.07) is 9.96. The van der Waals surface area contributed by atoms with Crippen molar-refractivity contribution in [2.24, 2.45) is 5.92 Å². The molecule has 0 spiro atoms. The number of hydrogen-bond donors (Lipinski definition) is 4. The lowest BCUT2D eigenvalue weighted by atomic mass is 9.96. The van der Waals surface area contributed by atoms with E-state index in [-0.39, 0.29) is 42.1 Å². The number of para-hydroxylation sites is 1. The number of amides is 1. The van der Waals surface area contributed by atoms with Gasteiger partial charge in [-0.3, -0.25) is 14.1 Å². The Labute approximate surface area is 272 Å². The molecule has 1 amide bonds. The Kier molecular flexibility index (Phi) is 12.5. The number of anilines is 1. The van der Waals surface area contributed by atoms with Gasteiger partial charge in [-0.2, -0.15) is 10.2 Å². The van der Waals surface area contributed by atoms with Crippen molar-refractivity contribution in [3.8, 4) is 5.75 Å². The summed E-state index contributed by atoms with van der Waals surface area (Å²) in [5.74, 6) is -0.438. The molecule has 1 fully saturated rings. The maximum absolute atomic E-state index is 14.8. The first kappa shape index (κ1) is 36.4. The Morgan fingerprint density at radius 1 is 1.15 bits per heavy atom. The van der Waals surface area contributed by atoms with Gasteiger partial charge >= 0.3 is 13.7 Å². The molecule has 1 aliphatic rings. The van der Waals surface area contributed by atoms with Gasteiger partial charge in [-0.15, -0.1) is 0 Å². The molecular weight excluding hydrogens is 636 g/mol. The molecule has 1 unspecified atom stereocenters. The second kappa shape index (κ2) is 16.1. The maximum atomic E-state index is 14.8. The summed E-state index contributed by atoms with van der Waals surface area (Å²) in [6.45, 7) is 5.24. The van der Waals surface area contributed by atoms with Crippen LogP contribution in [0.15, 0.2) is 48.8 Å². The van der Waals surface area contributed by atoms with E-state index in [1.54, 1.807) is 24.3 Å². The predicted molar refractivity (Wildman–Crippen MR) is 169 cm³/mol. The number of aromatic nitrogens is 3.